The topological polar surface area (TPSA) is 62.4 Å². The molecule has 0 saturated heterocycles. The Balaban J connectivity index is 3.00. The number of anilines is 2. The number of halogens is 1. The highest BCUT2D eigenvalue weighted by molar-refractivity contribution is 9.10. The molecule has 0 aliphatic heterocycles. The summed E-state index contributed by atoms with van der Waals surface area (Å²) in [6.45, 7) is 4.78. The van der Waals surface area contributed by atoms with Gasteiger partial charge in [-0.05, 0) is 35.8 Å². The van der Waals surface area contributed by atoms with Crippen molar-refractivity contribution in [2.24, 2.45) is 0 Å². The number of nitrogens with zero attached hydrogens (tertiary/aromatic N) is 2. The minimum absolute atomic E-state index is 0.108. The average Bonchev–Trinajstić information content (AvgIpc) is 2.15. The highest BCUT2D eigenvalue weighted by Crippen LogP contribution is 2.26. The second kappa shape index (κ2) is 5.32. The van der Waals surface area contributed by atoms with E-state index in [2.05, 4.69) is 34.8 Å². The van der Waals surface area contributed by atoms with Gasteiger partial charge in [-0.25, -0.2) is 4.98 Å². The van der Waals surface area contributed by atoms with Crippen LogP contribution in [-0.4, -0.2) is 29.3 Å². The third kappa shape index (κ3) is 3.07. The van der Waals surface area contributed by atoms with Crippen molar-refractivity contribution in [3.8, 4) is 0 Å². The van der Waals surface area contributed by atoms with Gasteiger partial charge in [0.25, 0.3) is 0 Å². The van der Waals surface area contributed by atoms with Gasteiger partial charge >= 0.3 is 0 Å². The minimum Gasteiger partial charge on any atom is -0.397 e. The van der Waals surface area contributed by atoms with E-state index in [1.807, 2.05) is 11.0 Å². The molecule has 0 saturated carbocycles. The predicted molar refractivity (Wildman–Crippen MR) is 65.9 cm³/mol. The smallest absolute Gasteiger partial charge is 0.143 e. The van der Waals surface area contributed by atoms with Crippen LogP contribution in [0, 0.1) is 0 Å². The zero-order valence-electron chi connectivity index (χ0n) is 8.94. The maximum atomic E-state index is 8.98. The van der Waals surface area contributed by atoms with Gasteiger partial charge in [0.15, 0.2) is 0 Å². The molecule has 1 rings (SSSR count). The predicted octanol–water partition coefficient (Wildman–Crippen LogP) is 1.63. The molecule has 1 aromatic rings. The molecule has 5 heteroatoms. The molecule has 15 heavy (non-hydrogen) atoms. The Hall–Kier alpha value is -0.810. The van der Waals surface area contributed by atoms with Gasteiger partial charge in [0.2, 0.25) is 0 Å². The molecule has 0 bridgehead atoms. The van der Waals surface area contributed by atoms with Crippen LogP contribution in [0.3, 0.4) is 0 Å². The monoisotopic (exact) mass is 273 g/mol. The maximum Gasteiger partial charge on any atom is 0.143 e. The van der Waals surface area contributed by atoms with Gasteiger partial charge in [0, 0.05) is 12.6 Å². The average molecular weight is 274 g/mol. The van der Waals surface area contributed by atoms with E-state index in [9.17, 15) is 0 Å². The lowest BCUT2D eigenvalue weighted by atomic mass is 10.3. The van der Waals surface area contributed by atoms with Crippen LogP contribution in [0.25, 0.3) is 0 Å². The first-order valence-corrected chi connectivity index (χ1v) is 5.64. The quantitative estimate of drug-likeness (QED) is 0.876. The van der Waals surface area contributed by atoms with Crippen molar-refractivity contribution in [3.05, 3.63) is 16.7 Å². The number of aliphatic hydroxyl groups is 1. The van der Waals surface area contributed by atoms with Crippen molar-refractivity contribution in [1.29, 1.82) is 0 Å². The summed E-state index contributed by atoms with van der Waals surface area (Å²) >= 11 is 3.42. The molecule has 0 atom stereocenters. The molecular formula is C10H16BrN3O. The van der Waals surface area contributed by atoms with E-state index in [0.29, 0.717) is 12.2 Å². The summed E-state index contributed by atoms with van der Waals surface area (Å²) in [4.78, 5) is 6.28. The lowest BCUT2D eigenvalue weighted by Crippen LogP contribution is -2.34. The standard InChI is InChI=1S/C10H16BrN3O/c1-7(2)14(3-4-15)10-9(11)5-8(12)6-13-10/h5-7,15H,3-4,12H2,1-2H3. The number of aliphatic hydroxyl groups excluding tert-OH is 1. The normalized spacial score (nSPS) is 10.7. The molecule has 3 N–H and O–H groups in total. The largest absolute Gasteiger partial charge is 0.397 e. The summed E-state index contributed by atoms with van der Waals surface area (Å²) in [5, 5.41) is 8.98. The molecule has 1 aromatic heterocycles. The van der Waals surface area contributed by atoms with Crippen LogP contribution >= 0.6 is 15.9 Å². The molecule has 84 valence electrons. The van der Waals surface area contributed by atoms with Crippen LogP contribution in [0.2, 0.25) is 0 Å². The molecule has 0 radical (unpaired) electrons. The Labute approximate surface area is 98.2 Å². The molecule has 0 aromatic carbocycles. The summed E-state index contributed by atoms with van der Waals surface area (Å²) in [5.41, 5.74) is 6.24. The summed E-state index contributed by atoms with van der Waals surface area (Å²) < 4.78 is 0.852. The molecule has 0 aliphatic rings. The van der Waals surface area contributed by atoms with Crippen LogP contribution in [-0.2, 0) is 0 Å². The van der Waals surface area contributed by atoms with E-state index in [4.69, 9.17) is 10.8 Å². The van der Waals surface area contributed by atoms with E-state index in [0.717, 1.165) is 10.3 Å². The van der Waals surface area contributed by atoms with Gasteiger partial charge in [0.05, 0.1) is 23.0 Å². The highest BCUT2D eigenvalue weighted by atomic mass is 79.9. The van der Waals surface area contributed by atoms with Crippen molar-refractivity contribution in [3.63, 3.8) is 0 Å². The zero-order chi connectivity index (χ0) is 11.4. The maximum absolute atomic E-state index is 8.98. The third-order valence-electron chi connectivity index (χ3n) is 2.08. The summed E-state index contributed by atoms with van der Waals surface area (Å²) in [7, 11) is 0. The molecule has 0 spiro atoms. The number of aromatic nitrogens is 1. The number of nitrogen functional groups attached to an aromatic ring is 1. The van der Waals surface area contributed by atoms with Crippen LogP contribution in [0.1, 0.15) is 13.8 Å². The summed E-state index contributed by atoms with van der Waals surface area (Å²) in [5.74, 6) is 0.813. The van der Waals surface area contributed by atoms with Crippen LogP contribution in [0.5, 0.6) is 0 Å². The first-order chi connectivity index (χ1) is 7.06. The second-order valence-corrected chi connectivity index (χ2v) is 4.44. The van der Waals surface area contributed by atoms with E-state index in [1.165, 1.54) is 0 Å². The van der Waals surface area contributed by atoms with Crippen molar-refractivity contribution in [2.45, 2.75) is 19.9 Å². The number of hydrogen-bond donors (Lipinski definition) is 2. The first-order valence-electron chi connectivity index (χ1n) is 4.84. The lowest BCUT2D eigenvalue weighted by Gasteiger charge is -2.27. The van der Waals surface area contributed by atoms with Crippen molar-refractivity contribution in [1.82, 2.24) is 4.98 Å². The highest BCUT2D eigenvalue weighted by Gasteiger charge is 2.14. The van der Waals surface area contributed by atoms with Gasteiger partial charge in [0.1, 0.15) is 5.82 Å². The number of pyridine rings is 1. The molecule has 0 fully saturated rings. The summed E-state index contributed by atoms with van der Waals surface area (Å²) in [6, 6.07) is 2.10. The third-order valence-corrected chi connectivity index (χ3v) is 2.66. The van der Waals surface area contributed by atoms with E-state index >= 15 is 0 Å². The molecule has 0 amide bonds. The van der Waals surface area contributed by atoms with E-state index in [1.54, 1.807) is 6.20 Å². The second-order valence-electron chi connectivity index (χ2n) is 3.58. The van der Waals surface area contributed by atoms with Gasteiger partial charge in [-0.1, -0.05) is 0 Å². The van der Waals surface area contributed by atoms with Crippen molar-refractivity contribution >= 4 is 27.4 Å². The first kappa shape index (κ1) is 12.3. The summed E-state index contributed by atoms with van der Waals surface area (Å²) in [6.07, 6.45) is 1.62. The van der Waals surface area contributed by atoms with Gasteiger partial charge in [-0.2, -0.15) is 0 Å². The zero-order valence-corrected chi connectivity index (χ0v) is 10.5. The van der Waals surface area contributed by atoms with Crippen LogP contribution in [0.15, 0.2) is 16.7 Å². The van der Waals surface area contributed by atoms with Crippen molar-refractivity contribution in [2.75, 3.05) is 23.8 Å². The fourth-order valence-electron chi connectivity index (χ4n) is 1.37. The SMILES string of the molecule is CC(C)N(CCO)c1ncc(N)cc1Br. The fraction of sp³-hybridized carbons (Fsp3) is 0.500. The molecule has 4 nitrogen and oxygen atoms in total. The Bertz CT molecular complexity index is 330. The molecular weight excluding hydrogens is 258 g/mol. The fourth-order valence-corrected chi connectivity index (χ4v) is 1.97. The lowest BCUT2D eigenvalue weighted by molar-refractivity contribution is 0.298. The molecule has 0 aliphatic carbocycles. The van der Waals surface area contributed by atoms with E-state index in [-0.39, 0.29) is 12.6 Å². The van der Waals surface area contributed by atoms with Crippen LogP contribution in [0.4, 0.5) is 11.5 Å². The van der Waals surface area contributed by atoms with Gasteiger partial charge in [-0.3, -0.25) is 0 Å². The Morgan fingerprint density at radius 1 is 1.60 bits per heavy atom. The van der Waals surface area contributed by atoms with Crippen molar-refractivity contribution < 1.29 is 5.11 Å². The molecule has 0 unspecified atom stereocenters. The molecule has 1 heterocycles. The minimum atomic E-state index is 0.108. The number of hydrogen-bond acceptors (Lipinski definition) is 4. The Kier molecular flexibility index (Phi) is 4.35. The van der Waals surface area contributed by atoms with Gasteiger partial charge < -0.3 is 15.7 Å². The number of nitrogens with two attached hydrogens (primary N) is 1. The Morgan fingerprint density at radius 2 is 2.27 bits per heavy atom. The number of rotatable bonds is 4. The Morgan fingerprint density at radius 3 is 2.73 bits per heavy atom. The van der Waals surface area contributed by atoms with Gasteiger partial charge in [-0.15, -0.1) is 0 Å². The van der Waals surface area contributed by atoms with E-state index < -0.39 is 0 Å². The van der Waals surface area contributed by atoms with Crippen LogP contribution < -0.4 is 10.6 Å².